The highest BCUT2D eigenvalue weighted by molar-refractivity contribution is 5.80. The van der Waals surface area contributed by atoms with Gasteiger partial charge in [-0.15, -0.1) is 10.2 Å². The molecule has 0 spiro atoms. The molecular formula is C20H20N4O2. The van der Waals surface area contributed by atoms with Crippen molar-refractivity contribution in [2.24, 2.45) is 0 Å². The number of ether oxygens (including phenoxy) is 1. The molecule has 0 atom stereocenters. The summed E-state index contributed by atoms with van der Waals surface area (Å²) in [5.74, 6) is 2.03. The number of rotatable bonds is 4. The molecule has 0 saturated heterocycles. The zero-order valence-electron chi connectivity index (χ0n) is 15.1. The lowest BCUT2D eigenvalue weighted by Gasteiger charge is -2.11. The van der Waals surface area contributed by atoms with Gasteiger partial charge in [0.05, 0.1) is 10.9 Å². The summed E-state index contributed by atoms with van der Waals surface area (Å²) in [6.07, 6.45) is 0. The first-order chi connectivity index (χ1) is 12.6. The lowest BCUT2D eigenvalue weighted by Crippen LogP contribution is -2.22. The van der Waals surface area contributed by atoms with Gasteiger partial charge in [-0.05, 0) is 50.1 Å². The van der Waals surface area contributed by atoms with Crippen molar-refractivity contribution in [3.05, 3.63) is 69.8 Å². The van der Waals surface area contributed by atoms with Crippen LogP contribution in [0.25, 0.3) is 16.7 Å². The fourth-order valence-electron chi connectivity index (χ4n) is 3.20. The van der Waals surface area contributed by atoms with Crippen LogP contribution in [0.1, 0.15) is 23.9 Å². The smallest absolute Gasteiger partial charge is 0.262 e. The van der Waals surface area contributed by atoms with Gasteiger partial charge < -0.3 is 4.74 Å². The van der Waals surface area contributed by atoms with Crippen LogP contribution in [0, 0.1) is 13.8 Å². The summed E-state index contributed by atoms with van der Waals surface area (Å²) in [7, 11) is 0. The van der Waals surface area contributed by atoms with E-state index in [0.29, 0.717) is 23.5 Å². The molecule has 0 aliphatic rings. The Hall–Kier alpha value is -3.15. The minimum atomic E-state index is -0.0509. The highest BCUT2D eigenvalue weighted by Crippen LogP contribution is 2.21. The normalized spacial score (nSPS) is 11.3. The Balaban J connectivity index is 1.85. The van der Waals surface area contributed by atoms with Crippen molar-refractivity contribution in [3.8, 4) is 5.75 Å². The maximum absolute atomic E-state index is 12.7. The summed E-state index contributed by atoms with van der Waals surface area (Å²) < 4.78 is 9.56. The van der Waals surface area contributed by atoms with E-state index in [-0.39, 0.29) is 12.2 Å². The molecular weight excluding hydrogens is 328 g/mol. The number of para-hydroxylation sites is 1. The van der Waals surface area contributed by atoms with Crippen LogP contribution < -0.4 is 10.3 Å². The standard InChI is InChI=1S/C20H20N4O2/c1-4-23-19(25)15-7-5-6-8-16(15)24-18(21-22-20(23)24)12-26-17-11-13(2)9-10-14(17)3/h5-11H,4,12H2,1-3H3. The summed E-state index contributed by atoms with van der Waals surface area (Å²) in [5, 5.41) is 9.19. The van der Waals surface area contributed by atoms with Gasteiger partial charge in [0.15, 0.2) is 5.82 Å². The second-order valence-electron chi connectivity index (χ2n) is 6.38. The second-order valence-corrected chi connectivity index (χ2v) is 6.38. The molecule has 4 rings (SSSR count). The molecule has 4 aromatic rings. The Morgan fingerprint density at radius 2 is 1.88 bits per heavy atom. The van der Waals surface area contributed by atoms with Crippen LogP contribution in [-0.4, -0.2) is 19.2 Å². The van der Waals surface area contributed by atoms with E-state index in [9.17, 15) is 4.79 Å². The fraction of sp³-hybridized carbons (Fsp3) is 0.250. The lowest BCUT2D eigenvalue weighted by molar-refractivity contribution is 0.292. The minimum absolute atomic E-state index is 0.0509. The van der Waals surface area contributed by atoms with E-state index in [1.807, 2.05) is 61.6 Å². The van der Waals surface area contributed by atoms with Gasteiger partial charge >= 0.3 is 0 Å². The zero-order valence-corrected chi connectivity index (χ0v) is 15.1. The summed E-state index contributed by atoms with van der Waals surface area (Å²) in [5.41, 5.74) is 2.95. The van der Waals surface area contributed by atoms with E-state index in [1.165, 1.54) is 0 Å². The van der Waals surface area contributed by atoms with Crippen molar-refractivity contribution in [2.45, 2.75) is 33.9 Å². The van der Waals surface area contributed by atoms with Crippen molar-refractivity contribution in [1.82, 2.24) is 19.2 Å². The molecule has 0 fully saturated rings. The first-order valence-electron chi connectivity index (χ1n) is 8.65. The van der Waals surface area contributed by atoms with Gasteiger partial charge in [0.2, 0.25) is 5.78 Å². The third-order valence-electron chi connectivity index (χ3n) is 4.59. The lowest BCUT2D eigenvalue weighted by atomic mass is 10.1. The van der Waals surface area contributed by atoms with Gasteiger partial charge in [0.1, 0.15) is 12.4 Å². The number of fused-ring (bicyclic) bond motifs is 3. The third kappa shape index (κ3) is 2.54. The summed E-state index contributed by atoms with van der Waals surface area (Å²) in [4.78, 5) is 12.7. The van der Waals surface area contributed by atoms with Crippen LogP contribution in [0.5, 0.6) is 5.75 Å². The summed E-state index contributed by atoms with van der Waals surface area (Å²) in [6, 6.07) is 13.6. The Kier molecular flexibility index (Phi) is 3.95. The Labute approximate surface area is 150 Å². The van der Waals surface area contributed by atoms with Crippen LogP contribution >= 0.6 is 0 Å². The highest BCUT2D eigenvalue weighted by Gasteiger charge is 2.16. The molecule has 6 nitrogen and oxygen atoms in total. The summed E-state index contributed by atoms with van der Waals surface area (Å²) in [6.45, 7) is 6.78. The quantitative estimate of drug-likeness (QED) is 0.568. The predicted octanol–water partition coefficient (Wildman–Crippen LogP) is 3.26. The first-order valence-corrected chi connectivity index (χ1v) is 8.65. The molecule has 0 aliphatic carbocycles. The van der Waals surface area contributed by atoms with Crippen molar-refractivity contribution in [1.29, 1.82) is 0 Å². The van der Waals surface area contributed by atoms with Crippen molar-refractivity contribution in [2.75, 3.05) is 0 Å². The molecule has 0 bridgehead atoms. The first kappa shape index (κ1) is 16.3. The Morgan fingerprint density at radius 3 is 2.69 bits per heavy atom. The molecule has 2 aromatic heterocycles. The topological polar surface area (TPSA) is 61.4 Å². The average Bonchev–Trinajstić information content (AvgIpc) is 3.07. The third-order valence-corrected chi connectivity index (χ3v) is 4.59. The van der Waals surface area contributed by atoms with Crippen LogP contribution in [0.3, 0.4) is 0 Å². The molecule has 0 N–H and O–H groups in total. The van der Waals surface area contributed by atoms with E-state index in [1.54, 1.807) is 4.57 Å². The molecule has 0 radical (unpaired) electrons. The minimum Gasteiger partial charge on any atom is -0.485 e. The van der Waals surface area contributed by atoms with Crippen LogP contribution in [-0.2, 0) is 13.2 Å². The molecule has 2 heterocycles. The number of aryl methyl sites for hydroxylation is 3. The van der Waals surface area contributed by atoms with Crippen LogP contribution in [0.15, 0.2) is 47.3 Å². The van der Waals surface area contributed by atoms with Crippen molar-refractivity contribution >= 4 is 16.7 Å². The number of hydrogen-bond acceptors (Lipinski definition) is 4. The number of aromatic nitrogens is 4. The largest absolute Gasteiger partial charge is 0.485 e. The molecule has 132 valence electrons. The fourth-order valence-corrected chi connectivity index (χ4v) is 3.20. The number of benzene rings is 2. The molecule has 0 saturated carbocycles. The van der Waals surface area contributed by atoms with E-state index >= 15 is 0 Å². The molecule has 6 heteroatoms. The Bertz CT molecular complexity index is 1170. The second kappa shape index (κ2) is 6.29. The van der Waals surface area contributed by atoms with E-state index in [0.717, 1.165) is 22.4 Å². The maximum atomic E-state index is 12.7. The number of nitrogens with zero attached hydrogens (tertiary/aromatic N) is 4. The maximum Gasteiger partial charge on any atom is 0.262 e. The van der Waals surface area contributed by atoms with Gasteiger partial charge in [-0.2, -0.15) is 0 Å². The zero-order chi connectivity index (χ0) is 18.3. The van der Waals surface area contributed by atoms with Gasteiger partial charge in [0.25, 0.3) is 5.56 Å². The molecule has 0 aliphatic heterocycles. The van der Waals surface area contributed by atoms with Gasteiger partial charge in [0, 0.05) is 6.54 Å². The predicted molar refractivity (Wildman–Crippen MR) is 101 cm³/mol. The average molecular weight is 348 g/mol. The molecule has 0 amide bonds. The monoisotopic (exact) mass is 348 g/mol. The van der Waals surface area contributed by atoms with Gasteiger partial charge in [-0.1, -0.05) is 24.3 Å². The molecule has 2 aromatic carbocycles. The van der Waals surface area contributed by atoms with Crippen molar-refractivity contribution < 1.29 is 4.74 Å². The van der Waals surface area contributed by atoms with Crippen LogP contribution in [0.2, 0.25) is 0 Å². The molecule has 26 heavy (non-hydrogen) atoms. The molecule has 0 unspecified atom stereocenters. The van der Waals surface area contributed by atoms with E-state index < -0.39 is 0 Å². The highest BCUT2D eigenvalue weighted by atomic mass is 16.5. The van der Waals surface area contributed by atoms with Crippen molar-refractivity contribution in [3.63, 3.8) is 0 Å². The summed E-state index contributed by atoms with van der Waals surface area (Å²) >= 11 is 0. The van der Waals surface area contributed by atoms with E-state index in [2.05, 4.69) is 16.3 Å². The van der Waals surface area contributed by atoms with Crippen LogP contribution in [0.4, 0.5) is 0 Å². The Morgan fingerprint density at radius 1 is 1.08 bits per heavy atom. The van der Waals surface area contributed by atoms with Gasteiger partial charge in [-0.3, -0.25) is 13.8 Å². The number of hydrogen-bond donors (Lipinski definition) is 0. The van der Waals surface area contributed by atoms with Gasteiger partial charge in [-0.25, -0.2) is 0 Å². The van der Waals surface area contributed by atoms with E-state index in [4.69, 9.17) is 4.74 Å². The SMILES string of the molecule is CCn1c(=O)c2ccccc2n2c(COc3cc(C)ccc3C)nnc12.